The van der Waals surface area contributed by atoms with Crippen molar-refractivity contribution in [3.63, 3.8) is 0 Å². The maximum Gasteiger partial charge on any atom is 0.136 e. The van der Waals surface area contributed by atoms with Crippen molar-refractivity contribution in [1.29, 1.82) is 0 Å². The number of hydrogen-bond donors (Lipinski definition) is 0. The minimum Gasteiger partial charge on any atom is -0.456 e. The highest BCUT2D eigenvalue weighted by Crippen LogP contribution is 2.54. The van der Waals surface area contributed by atoms with Gasteiger partial charge < -0.3 is 9.32 Å². The third kappa shape index (κ3) is 3.67. The van der Waals surface area contributed by atoms with Crippen molar-refractivity contribution in [2.75, 3.05) is 4.90 Å². The molecule has 0 unspecified atom stereocenters. The van der Waals surface area contributed by atoms with Gasteiger partial charge in [-0.2, -0.15) is 0 Å². The summed E-state index contributed by atoms with van der Waals surface area (Å²) in [5.41, 5.74) is 13.0. The van der Waals surface area contributed by atoms with E-state index in [1.54, 1.807) is 0 Å². The van der Waals surface area contributed by atoms with E-state index in [0.717, 1.165) is 22.5 Å². The average molecular weight is 602 g/mol. The van der Waals surface area contributed by atoms with E-state index in [2.05, 4.69) is 170 Å². The van der Waals surface area contributed by atoms with Gasteiger partial charge in [-0.3, -0.25) is 0 Å². The van der Waals surface area contributed by atoms with Crippen molar-refractivity contribution in [3.05, 3.63) is 163 Å². The van der Waals surface area contributed by atoms with Gasteiger partial charge in [0.05, 0.1) is 5.69 Å². The number of anilines is 3. The zero-order valence-corrected chi connectivity index (χ0v) is 26.3. The number of rotatable bonds is 4. The van der Waals surface area contributed by atoms with E-state index in [4.69, 9.17) is 4.42 Å². The predicted molar refractivity (Wildman–Crippen MR) is 198 cm³/mol. The van der Waals surface area contributed by atoms with Crippen LogP contribution in [0.4, 0.5) is 17.1 Å². The first kappa shape index (κ1) is 26.4. The molecule has 0 atom stereocenters. The van der Waals surface area contributed by atoms with Crippen molar-refractivity contribution in [2.45, 2.75) is 19.3 Å². The van der Waals surface area contributed by atoms with E-state index in [-0.39, 0.29) is 5.41 Å². The van der Waals surface area contributed by atoms with Crippen molar-refractivity contribution in [2.24, 2.45) is 0 Å². The van der Waals surface area contributed by atoms with Gasteiger partial charge in [0.1, 0.15) is 11.2 Å². The summed E-state index contributed by atoms with van der Waals surface area (Å²) in [6.45, 7) is 4.70. The summed E-state index contributed by atoms with van der Waals surface area (Å²) in [4.78, 5) is 2.46. The largest absolute Gasteiger partial charge is 0.456 e. The van der Waals surface area contributed by atoms with Gasteiger partial charge in [0.15, 0.2) is 0 Å². The fourth-order valence-electron chi connectivity index (χ4n) is 8.23. The average Bonchev–Trinajstić information content (AvgIpc) is 3.62. The Hall–Kier alpha value is -5.86. The first-order valence-electron chi connectivity index (χ1n) is 16.4. The SMILES string of the molecule is CC1(C)c2ccccc2-c2c(N(c3ccc(-c4ccccc4)cc3)c3ccc4c(c3)c3cccc5oc6cccc4c6c53)cccc21. The molecular formula is C45H31NO. The van der Waals surface area contributed by atoms with Gasteiger partial charge in [0.25, 0.3) is 0 Å². The zero-order valence-electron chi connectivity index (χ0n) is 26.3. The summed E-state index contributed by atoms with van der Waals surface area (Å²) in [6.07, 6.45) is 0. The molecule has 9 aromatic rings. The molecule has 1 aliphatic rings. The van der Waals surface area contributed by atoms with Crippen LogP contribution in [0.1, 0.15) is 25.0 Å². The molecule has 0 fully saturated rings. The molecule has 8 aromatic carbocycles. The van der Waals surface area contributed by atoms with E-state index in [1.807, 2.05) is 0 Å². The first-order valence-corrected chi connectivity index (χ1v) is 16.4. The Morgan fingerprint density at radius 3 is 1.85 bits per heavy atom. The van der Waals surface area contributed by atoms with Crippen LogP contribution in [0.3, 0.4) is 0 Å². The minimum atomic E-state index is -0.0906. The second-order valence-electron chi connectivity index (χ2n) is 13.3. The maximum atomic E-state index is 6.34. The molecule has 0 N–H and O–H groups in total. The lowest BCUT2D eigenvalue weighted by molar-refractivity contribution is 0.660. The zero-order chi connectivity index (χ0) is 31.3. The Balaban J connectivity index is 1.26. The molecule has 0 saturated carbocycles. The lowest BCUT2D eigenvalue weighted by atomic mass is 9.82. The number of fused-ring (bicyclic) bond motifs is 6. The van der Waals surface area contributed by atoms with E-state index in [0.29, 0.717) is 0 Å². The molecule has 1 aliphatic carbocycles. The fraction of sp³-hybridized carbons (Fsp3) is 0.0667. The van der Waals surface area contributed by atoms with Gasteiger partial charge in [-0.1, -0.05) is 123 Å². The Kier molecular flexibility index (Phi) is 5.37. The van der Waals surface area contributed by atoms with Crippen LogP contribution < -0.4 is 4.90 Å². The highest BCUT2D eigenvalue weighted by molar-refractivity contribution is 6.33. The van der Waals surface area contributed by atoms with Crippen LogP contribution in [0.5, 0.6) is 0 Å². The standard InChI is InChI=1S/C45H31NO/c1-45(2)37-16-7-6-13-35(37)42-38(45)17-10-18-39(42)46(30-23-21-29(22-24-30)28-11-4-3-5-12-28)31-25-26-32-33-14-8-19-40-43(33)44-34(36(32)27-31)15-9-20-41(44)47-40/h3-27H,1-2H3. The molecule has 2 nitrogen and oxygen atoms in total. The molecule has 0 spiro atoms. The first-order chi connectivity index (χ1) is 23.1. The quantitative estimate of drug-likeness (QED) is 0.187. The molecule has 0 aliphatic heterocycles. The summed E-state index contributed by atoms with van der Waals surface area (Å²) < 4.78 is 6.34. The summed E-state index contributed by atoms with van der Waals surface area (Å²) in [5.74, 6) is 0. The second kappa shape index (κ2) is 9.57. The molecular weight excluding hydrogens is 571 g/mol. The van der Waals surface area contributed by atoms with E-state index >= 15 is 0 Å². The van der Waals surface area contributed by atoms with Crippen LogP contribution in [-0.4, -0.2) is 0 Å². The molecule has 47 heavy (non-hydrogen) atoms. The fourth-order valence-corrected chi connectivity index (χ4v) is 8.23. The molecule has 0 saturated heterocycles. The van der Waals surface area contributed by atoms with Crippen molar-refractivity contribution < 1.29 is 4.42 Å². The summed E-state index contributed by atoms with van der Waals surface area (Å²) >= 11 is 0. The molecule has 0 bridgehead atoms. The van der Waals surface area contributed by atoms with Crippen LogP contribution in [0.25, 0.3) is 65.7 Å². The third-order valence-corrected chi connectivity index (χ3v) is 10.4. The van der Waals surface area contributed by atoms with Gasteiger partial charge >= 0.3 is 0 Å². The van der Waals surface area contributed by atoms with Crippen LogP contribution in [0.2, 0.25) is 0 Å². The molecule has 1 heterocycles. The Bertz CT molecular complexity index is 2640. The Morgan fingerprint density at radius 1 is 0.468 bits per heavy atom. The maximum absolute atomic E-state index is 6.34. The van der Waals surface area contributed by atoms with Crippen LogP contribution >= 0.6 is 0 Å². The van der Waals surface area contributed by atoms with Gasteiger partial charge in [0.2, 0.25) is 0 Å². The molecule has 0 radical (unpaired) electrons. The normalized spacial score (nSPS) is 13.5. The second-order valence-corrected chi connectivity index (χ2v) is 13.3. The number of nitrogens with zero attached hydrogens (tertiary/aromatic N) is 1. The van der Waals surface area contributed by atoms with Crippen molar-refractivity contribution in [1.82, 2.24) is 0 Å². The minimum absolute atomic E-state index is 0.0906. The molecule has 2 heteroatoms. The van der Waals surface area contributed by atoms with Gasteiger partial charge in [-0.05, 0) is 91.8 Å². The predicted octanol–water partition coefficient (Wildman–Crippen LogP) is 12.8. The topological polar surface area (TPSA) is 16.4 Å². The Morgan fingerprint density at radius 2 is 1.09 bits per heavy atom. The third-order valence-electron chi connectivity index (χ3n) is 10.4. The molecule has 10 rings (SSSR count). The highest BCUT2D eigenvalue weighted by atomic mass is 16.3. The summed E-state index contributed by atoms with van der Waals surface area (Å²) in [7, 11) is 0. The van der Waals surface area contributed by atoms with E-state index in [1.165, 1.54) is 71.4 Å². The van der Waals surface area contributed by atoms with Gasteiger partial charge in [-0.15, -0.1) is 0 Å². The number of furan rings is 1. The molecule has 222 valence electrons. The lowest BCUT2D eigenvalue weighted by Crippen LogP contribution is -2.16. The molecule has 1 aromatic heterocycles. The number of benzene rings is 8. The summed E-state index contributed by atoms with van der Waals surface area (Å²) in [5, 5.41) is 7.35. The van der Waals surface area contributed by atoms with Crippen molar-refractivity contribution in [3.8, 4) is 22.3 Å². The highest BCUT2D eigenvalue weighted by Gasteiger charge is 2.37. The lowest BCUT2D eigenvalue weighted by Gasteiger charge is -2.29. The molecule has 0 amide bonds. The van der Waals surface area contributed by atoms with Crippen LogP contribution in [0.15, 0.2) is 156 Å². The van der Waals surface area contributed by atoms with Crippen molar-refractivity contribution >= 4 is 60.5 Å². The monoisotopic (exact) mass is 601 g/mol. The Labute approximate surface area is 273 Å². The van der Waals surface area contributed by atoms with Crippen LogP contribution in [0, 0.1) is 0 Å². The smallest absolute Gasteiger partial charge is 0.136 e. The summed E-state index contributed by atoms with van der Waals surface area (Å²) in [6, 6.07) is 55.2. The van der Waals surface area contributed by atoms with E-state index in [9.17, 15) is 0 Å². The number of hydrogen-bond acceptors (Lipinski definition) is 2. The van der Waals surface area contributed by atoms with Gasteiger partial charge in [0, 0.05) is 33.1 Å². The van der Waals surface area contributed by atoms with Gasteiger partial charge in [-0.25, -0.2) is 0 Å². The van der Waals surface area contributed by atoms with Crippen LogP contribution in [-0.2, 0) is 5.41 Å². The van der Waals surface area contributed by atoms with E-state index < -0.39 is 0 Å².